The molecule has 0 amide bonds. The molecule has 0 unspecified atom stereocenters. The van der Waals surface area contributed by atoms with Gasteiger partial charge in [0.15, 0.2) is 7.14 Å². The maximum Gasteiger partial charge on any atom is 0.416 e. The Morgan fingerprint density at radius 2 is 1.00 bits per heavy atom. The van der Waals surface area contributed by atoms with E-state index in [1.165, 1.54) is 30.4 Å². The first-order chi connectivity index (χ1) is 11.8. The molecule has 0 aliphatic carbocycles. The number of aryl methyl sites for hydroxylation is 2. The minimum atomic E-state index is -4.21. The van der Waals surface area contributed by atoms with Crippen LogP contribution in [-0.2, 0) is 6.18 Å². The molecule has 3 aromatic carbocycles. The highest BCUT2D eigenvalue weighted by atomic mass is 127. The van der Waals surface area contributed by atoms with Crippen molar-refractivity contribution in [3.05, 3.63) is 103 Å². The number of rotatable bonds is 2. The first-order valence-electron chi connectivity index (χ1n) is 7.75. The highest BCUT2D eigenvalue weighted by molar-refractivity contribution is 5.17. The Kier molecular flexibility index (Phi) is 7.05. The van der Waals surface area contributed by atoms with Gasteiger partial charge < -0.3 is 0 Å². The molecular formula is C21H19F3I+. The van der Waals surface area contributed by atoms with Gasteiger partial charge in [-0.2, -0.15) is 13.2 Å². The number of benzene rings is 3. The van der Waals surface area contributed by atoms with Gasteiger partial charge in [-0.25, -0.2) is 0 Å². The van der Waals surface area contributed by atoms with E-state index in [0.29, 0.717) is 0 Å². The van der Waals surface area contributed by atoms with E-state index in [0.717, 1.165) is 12.1 Å². The minimum Gasteiger partial charge on any atom is -0.166 e. The van der Waals surface area contributed by atoms with Gasteiger partial charge in [-0.05, 0) is 38.1 Å². The molecule has 0 spiro atoms. The van der Waals surface area contributed by atoms with Gasteiger partial charge in [0.25, 0.3) is 0 Å². The standard InChI is InChI=1S/C14H14I.C7H5F3/c1-11-3-7-13(8-4-11)15-14-9-5-12(2)6-10-14;8-7(9,10)6-4-2-1-3-5-6/h3-10H,1-2H3;1-5H/q+1;. The summed E-state index contributed by atoms with van der Waals surface area (Å²) in [5.41, 5.74) is 2.08. The van der Waals surface area contributed by atoms with E-state index in [1.54, 1.807) is 6.07 Å². The molecule has 0 bridgehead atoms. The molecule has 0 heterocycles. The number of hydrogen-bond donors (Lipinski definition) is 0. The largest absolute Gasteiger partial charge is 0.416 e. The number of halogens is 4. The lowest BCUT2D eigenvalue weighted by molar-refractivity contribution is -0.597. The lowest BCUT2D eigenvalue weighted by Gasteiger charge is -2.03. The van der Waals surface area contributed by atoms with Gasteiger partial charge in [-0.3, -0.25) is 0 Å². The second kappa shape index (κ2) is 9.04. The third-order valence-corrected chi connectivity index (χ3v) is 6.03. The summed E-state index contributed by atoms with van der Waals surface area (Å²) in [5.74, 6) is 0. The molecule has 0 fully saturated rings. The summed E-state index contributed by atoms with van der Waals surface area (Å²) in [4.78, 5) is 0. The molecule has 3 rings (SSSR count). The summed E-state index contributed by atoms with van der Waals surface area (Å²) in [6, 6.07) is 24.2. The average Bonchev–Trinajstić information content (AvgIpc) is 2.60. The van der Waals surface area contributed by atoms with Gasteiger partial charge in [0.1, 0.15) is 0 Å². The highest BCUT2D eigenvalue weighted by Gasteiger charge is 2.29. The predicted molar refractivity (Wildman–Crippen MR) is 91.2 cm³/mol. The Bertz CT molecular complexity index is 717. The van der Waals surface area contributed by atoms with Crippen LogP contribution < -0.4 is 21.2 Å². The topological polar surface area (TPSA) is 0 Å². The van der Waals surface area contributed by atoms with Gasteiger partial charge in [0, 0.05) is 0 Å². The monoisotopic (exact) mass is 455 g/mol. The van der Waals surface area contributed by atoms with Crippen LogP contribution in [0.1, 0.15) is 16.7 Å². The predicted octanol–water partition coefficient (Wildman–Crippen LogP) is 3.14. The summed E-state index contributed by atoms with van der Waals surface area (Å²) in [6.45, 7) is 4.27. The van der Waals surface area contributed by atoms with Gasteiger partial charge in [0.2, 0.25) is 0 Å². The van der Waals surface area contributed by atoms with Crippen molar-refractivity contribution < 1.29 is 34.4 Å². The summed E-state index contributed by atoms with van der Waals surface area (Å²) >= 11 is 0.00313. The Hall–Kier alpha value is -1.82. The van der Waals surface area contributed by atoms with Gasteiger partial charge in [0.05, 0.1) is 5.56 Å². The molecule has 0 aliphatic heterocycles. The van der Waals surface area contributed by atoms with Crippen molar-refractivity contribution in [2.75, 3.05) is 0 Å². The van der Waals surface area contributed by atoms with Crippen LogP contribution in [0.3, 0.4) is 0 Å². The van der Waals surface area contributed by atoms with E-state index >= 15 is 0 Å². The van der Waals surface area contributed by atoms with Crippen molar-refractivity contribution in [1.29, 1.82) is 0 Å². The molecule has 0 atom stereocenters. The summed E-state index contributed by atoms with van der Waals surface area (Å²) in [6.07, 6.45) is -4.21. The van der Waals surface area contributed by atoms with Crippen molar-refractivity contribution in [2.45, 2.75) is 20.0 Å². The molecule has 3 aromatic rings. The van der Waals surface area contributed by atoms with Crippen LogP contribution in [0.2, 0.25) is 0 Å². The van der Waals surface area contributed by atoms with E-state index in [2.05, 4.69) is 62.4 Å². The van der Waals surface area contributed by atoms with Crippen LogP contribution in [-0.4, -0.2) is 0 Å². The summed E-state index contributed by atoms with van der Waals surface area (Å²) in [5, 5.41) is 0. The van der Waals surface area contributed by atoms with Gasteiger partial charge in [-0.1, -0.05) is 65.7 Å². The first kappa shape index (κ1) is 19.5. The average molecular weight is 455 g/mol. The molecule has 0 aliphatic rings. The molecule has 25 heavy (non-hydrogen) atoms. The van der Waals surface area contributed by atoms with Crippen LogP contribution >= 0.6 is 0 Å². The van der Waals surface area contributed by atoms with E-state index in [-0.39, 0.29) is 21.2 Å². The van der Waals surface area contributed by atoms with Crippen LogP contribution in [0.5, 0.6) is 0 Å². The molecule has 0 nitrogen and oxygen atoms in total. The summed E-state index contributed by atoms with van der Waals surface area (Å²) in [7, 11) is 0. The van der Waals surface area contributed by atoms with Crippen molar-refractivity contribution in [3.8, 4) is 0 Å². The fourth-order valence-electron chi connectivity index (χ4n) is 1.95. The van der Waals surface area contributed by atoms with Crippen molar-refractivity contribution in [1.82, 2.24) is 0 Å². The maximum absolute atomic E-state index is 11.8. The zero-order valence-corrected chi connectivity index (χ0v) is 16.2. The first-order valence-corrected chi connectivity index (χ1v) is 9.91. The Morgan fingerprint density at radius 3 is 1.32 bits per heavy atom. The van der Waals surface area contributed by atoms with E-state index in [9.17, 15) is 13.2 Å². The van der Waals surface area contributed by atoms with Gasteiger partial charge >= 0.3 is 27.4 Å². The highest BCUT2D eigenvalue weighted by Crippen LogP contribution is 2.28. The SMILES string of the molecule is Cc1ccc([I+]c2ccc(C)cc2)cc1.FC(F)(F)c1ccccc1. The lowest BCUT2D eigenvalue weighted by atomic mass is 10.2. The molecule has 0 saturated heterocycles. The van der Waals surface area contributed by atoms with E-state index < -0.39 is 11.7 Å². The number of alkyl halides is 3. The Balaban J connectivity index is 0.000000196. The third kappa shape index (κ3) is 6.90. The maximum atomic E-state index is 11.8. The second-order valence-corrected chi connectivity index (χ2v) is 8.58. The molecule has 0 aromatic heterocycles. The fraction of sp³-hybridized carbons (Fsp3) is 0.143. The van der Waals surface area contributed by atoms with Crippen LogP contribution in [0.25, 0.3) is 0 Å². The van der Waals surface area contributed by atoms with Crippen LogP contribution in [0.15, 0.2) is 78.9 Å². The molecule has 0 N–H and O–H groups in total. The fourth-order valence-corrected chi connectivity index (χ4v) is 4.10. The van der Waals surface area contributed by atoms with E-state index in [1.807, 2.05) is 0 Å². The summed E-state index contributed by atoms with van der Waals surface area (Å²) < 4.78 is 38.3. The van der Waals surface area contributed by atoms with Crippen molar-refractivity contribution in [2.24, 2.45) is 0 Å². The van der Waals surface area contributed by atoms with Crippen LogP contribution in [0.4, 0.5) is 13.2 Å². The molecular weight excluding hydrogens is 436 g/mol. The minimum absolute atomic E-state index is 0.00313. The molecule has 0 radical (unpaired) electrons. The Labute approximate surface area is 157 Å². The molecule has 130 valence electrons. The lowest BCUT2D eigenvalue weighted by Crippen LogP contribution is -3.61. The van der Waals surface area contributed by atoms with E-state index in [4.69, 9.17) is 0 Å². The second-order valence-electron chi connectivity index (χ2n) is 5.55. The third-order valence-electron chi connectivity index (χ3n) is 3.34. The smallest absolute Gasteiger partial charge is 0.166 e. The van der Waals surface area contributed by atoms with Crippen LogP contribution in [0, 0.1) is 21.0 Å². The number of hydrogen-bond acceptors (Lipinski definition) is 0. The zero-order valence-electron chi connectivity index (χ0n) is 14.0. The van der Waals surface area contributed by atoms with Crippen molar-refractivity contribution in [3.63, 3.8) is 0 Å². The quantitative estimate of drug-likeness (QED) is 0.522. The molecule has 4 heteroatoms. The Morgan fingerprint density at radius 1 is 0.600 bits per heavy atom. The molecule has 0 saturated carbocycles. The van der Waals surface area contributed by atoms with Gasteiger partial charge in [-0.15, -0.1) is 0 Å². The normalized spacial score (nSPS) is 10.8. The van der Waals surface area contributed by atoms with Crippen molar-refractivity contribution >= 4 is 0 Å². The zero-order chi connectivity index (χ0) is 18.3.